The quantitative estimate of drug-likeness (QED) is 0.660. The molecule has 0 aromatic carbocycles. The monoisotopic (exact) mass is 187 g/mol. The second kappa shape index (κ2) is 7.34. The Morgan fingerprint density at radius 2 is 1.85 bits per heavy atom. The molecule has 0 saturated heterocycles. The minimum atomic E-state index is -0.163. The lowest BCUT2D eigenvalue weighted by Gasteiger charge is -2.21. The van der Waals surface area contributed by atoms with Gasteiger partial charge in [-0.05, 0) is 32.7 Å². The van der Waals surface area contributed by atoms with E-state index in [9.17, 15) is 0 Å². The second-order valence-electron chi connectivity index (χ2n) is 4.29. The van der Waals surface area contributed by atoms with Crippen LogP contribution >= 0.6 is 0 Å². The van der Waals surface area contributed by atoms with Crippen LogP contribution < -0.4 is 0 Å². The van der Waals surface area contributed by atoms with Crippen LogP contribution in [0.25, 0.3) is 0 Å². The molecular formula is C11H25NO. The van der Waals surface area contributed by atoms with Gasteiger partial charge in [0.05, 0.1) is 6.10 Å². The predicted molar refractivity (Wildman–Crippen MR) is 57.9 cm³/mol. The third kappa shape index (κ3) is 8.26. The van der Waals surface area contributed by atoms with Crippen LogP contribution in [0.15, 0.2) is 0 Å². The molecule has 0 saturated carbocycles. The van der Waals surface area contributed by atoms with Crippen molar-refractivity contribution in [2.24, 2.45) is 5.92 Å². The summed E-state index contributed by atoms with van der Waals surface area (Å²) >= 11 is 0. The zero-order chi connectivity index (χ0) is 10.3. The minimum absolute atomic E-state index is 0.163. The molecule has 80 valence electrons. The smallest absolute Gasteiger partial charge is 0.0524 e. The molecule has 13 heavy (non-hydrogen) atoms. The van der Waals surface area contributed by atoms with Crippen LogP contribution in [0.2, 0.25) is 0 Å². The van der Waals surface area contributed by atoms with E-state index in [2.05, 4.69) is 25.8 Å². The van der Waals surface area contributed by atoms with Gasteiger partial charge in [0.1, 0.15) is 0 Å². The third-order valence-electron chi connectivity index (χ3n) is 2.33. The molecule has 0 aliphatic heterocycles. The average molecular weight is 187 g/mol. The Hall–Kier alpha value is -0.0800. The SMILES string of the molecule is CCCC(C)CN(C)CCC(C)O. The fourth-order valence-corrected chi connectivity index (χ4v) is 1.61. The second-order valence-corrected chi connectivity index (χ2v) is 4.29. The van der Waals surface area contributed by atoms with Crippen LogP contribution in [0.1, 0.15) is 40.0 Å². The largest absolute Gasteiger partial charge is 0.393 e. The van der Waals surface area contributed by atoms with Crippen molar-refractivity contribution >= 4 is 0 Å². The Labute approximate surface area is 82.9 Å². The number of nitrogens with zero attached hydrogens (tertiary/aromatic N) is 1. The molecule has 2 nitrogen and oxygen atoms in total. The van der Waals surface area contributed by atoms with Gasteiger partial charge < -0.3 is 10.0 Å². The lowest BCUT2D eigenvalue weighted by molar-refractivity contribution is 0.159. The number of rotatable bonds is 7. The third-order valence-corrected chi connectivity index (χ3v) is 2.33. The highest BCUT2D eigenvalue weighted by Gasteiger charge is 2.06. The van der Waals surface area contributed by atoms with Crippen molar-refractivity contribution in [3.8, 4) is 0 Å². The predicted octanol–water partition coefficient (Wildman–Crippen LogP) is 2.13. The van der Waals surface area contributed by atoms with Crippen LogP contribution in [0, 0.1) is 5.92 Å². The van der Waals surface area contributed by atoms with Gasteiger partial charge in [-0.15, -0.1) is 0 Å². The summed E-state index contributed by atoms with van der Waals surface area (Å²) in [5.74, 6) is 0.781. The Bertz CT molecular complexity index is 115. The van der Waals surface area contributed by atoms with E-state index in [0.717, 1.165) is 25.4 Å². The molecule has 0 aliphatic rings. The molecule has 0 heterocycles. The van der Waals surface area contributed by atoms with Crippen LogP contribution in [0.5, 0.6) is 0 Å². The first-order valence-electron chi connectivity index (χ1n) is 5.42. The van der Waals surface area contributed by atoms with E-state index < -0.39 is 0 Å². The molecule has 0 spiro atoms. The fourth-order valence-electron chi connectivity index (χ4n) is 1.61. The summed E-state index contributed by atoms with van der Waals surface area (Å²) < 4.78 is 0. The Morgan fingerprint density at radius 3 is 2.31 bits per heavy atom. The van der Waals surface area contributed by atoms with E-state index in [1.165, 1.54) is 12.8 Å². The van der Waals surface area contributed by atoms with E-state index in [1.54, 1.807) is 0 Å². The maximum atomic E-state index is 9.11. The molecule has 2 heteroatoms. The summed E-state index contributed by atoms with van der Waals surface area (Å²) in [5.41, 5.74) is 0. The van der Waals surface area contributed by atoms with Crippen LogP contribution in [0.4, 0.5) is 0 Å². The Balaban J connectivity index is 3.43. The average Bonchev–Trinajstić information content (AvgIpc) is 2.01. The van der Waals surface area contributed by atoms with Crippen molar-refractivity contribution in [1.29, 1.82) is 0 Å². The number of aliphatic hydroxyl groups excluding tert-OH is 1. The van der Waals surface area contributed by atoms with Gasteiger partial charge in [0, 0.05) is 13.1 Å². The van der Waals surface area contributed by atoms with Crippen molar-refractivity contribution in [3.63, 3.8) is 0 Å². The highest BCUT2D eigenvalue weighted by molar-refractivity contribution is 4.60. The fraction of sp³-hybridized carbons (Fsp3) is 1.00. The van der Waals surface area contributed by atoms with Gasteiger partial charge in [-0.2, -0.15) is 0 Å². The summed E-state index contributed by atoms with van der Waals surface area (Å²) in [7, 11) is 2.13. The zero-order valence-corrected chi connectivity index (χ0v) is 9.58. The normalized spacial score (nSPS) is 16.2. The summed E-state index contributed by atoms with van der Waals surface area (Å²) in [6.07, 6.45) is 3.30. The Morgan fingerprint density at radius 1 is 1.23 bits per heavy atom. The van der Waals surface area contributed by atoms with Crippen molar-refractivity contribution in [2.45, 2.75) is 46.1 Å². The van der Waals surface area contributed by atoms with E-state index in [4.69, 9.17) is 5.11 Å². The standard InChI is InChI=1S/C11H25NO/c1-5-6-10(2)9-12(4)8-7-11(3)13/h10-11,13H,5-9H2,1-4H3. The van der Waals surface area contributed by atoms with Crippen LogP contribution in [-0.4, -0.2) is 36.2 Å². The highest BCUT2D eigenvalue weighted by atomic mass is 16.3. The van der Waals surface area contributed by atoms with E-state index in [-0.39, 0.29) is 6.10 Å². The number of hydrogen-bond donors (Lipinski definition) is 1. The van der Waals surface area contributed by atoms with Gasteiger partial charge in [-0.1, -0.05) is 20.3 Å². The molecule has 0 aliphatic carbocycles. The maximum absolute atomic E-state index is 9.11. The van der Waals surface area contributed by atoms with Gasteiger partial charge in [0.25, 0.3) is 0 Å². The maximum Gasteiger partial charge on any atom is 0.0524 e. The van der Waals surface area contributed by atoms with Crippen molar-refractivity contribution in [3.05, 3.63) is 0 Å². The molecule has 0 aromatic heterocycles. The van der Waals surface area contributed by atoms with E-state index in [0.29, 0.717) is 0 Å². The zero-order valence-electron chi connectivity index (χ0n) is 9.58. The van der Waals surface area contributed by atoms with Crippen molar-refractivity contribution in [1.82, 2.24) is 4.90 Å². The van der Waals surface area contributed by atoms with E-state index in [1.807, 2.05) is 6.92 Å². The van der Waals surface area contributed by atoms with Crippen LogP contribution in [0.3, 0.4) is 0 Å². The number of aliphatic hydroxyl groups is 1. The van der Waals surface area contributed by atoms with Crippen LogP contribution in [-0.2, 0) is 0 Å². The minimum Gasteiger partial charge on any atom is -0.393 e. The van der Waals surface area contributed by atoms with Gasteiger partial charge in [0.2, 0.25) is 0 Å². The topological polar surface area (TPSA) is 23.5 Å². The van der Waals surface area contributed by atoms with Crippen molar-refractivity contribution in [2.75, 3.05) is 20.1 Å². The molecule has 0 fully saturated rings. The Kier molecular flexibility index (Phi) is 7.29. The van der Waals surface area contributed by atoms with E-state index >= 15 is 0 Å². The summed E-state index contributed by atoms with van der Waals surface area (Å²) in [4.78, 5) is 2.31. The highest BCUT2D eigenvalue weighted by Crippen LogP contribution is 2.06. The molecule has 2 atom stereocenters. The summed E-state index contributed by atoms with van der Waals surface area (Å²) in [5, 5.41) is 9.11. The molecular weight excluding hydrogens is 162 g/mol. The summed E-state index contributed by atoms with van der Waals surface area (Å²) in [6.45, 7) is 8.53. The van der Waals surface area contributed by atoms with Gasteiger partial charge in [-0.25, -0.2) is 0 Å². The molecule has 1 N–H and O–H groups in total. The molecule has 0 amide bonds. The molecule has 2 unspecified atom stereocenters. The van der Waals surface area contributed by atoms with Gasteiger partial charge in [0.15, 0.2) is 0 Å². The van der Waals surface area contributed by atoms with Gasteiger partial charge >= 0.3 is 0 Å². The lowest BCUT2D eigenvalue weighted by atomic mass is 10.1. The summed E-state index contributed by atoms with van der Waals surface area (Å²) in [6, 6.07) is 0. The first-order chi connectivity index (χ1) is 6.06. The van der Waals surface area contributed by atoms with Gasteiger partial charge in [-0.3, -0.25) is 0 Å². The molecule has 0 radical (unpaired) electrons. The molecule has 0 rings (SSSR count). The van der Waals surface area contributed by atoms with Crippen molar-refractivity contribution < 1.29 is 5.11 Å². The first kappa shape index (κ1) is 12.9. The molecule has 0 bridgehead atoms. The first-order valence-corrected chi connectivity index (χ1v) is 5.42. The molecule has 0 aromatic rings. The number of hydrogen-bond acceptors (Lipinski definition) is 2. The lowest BCUT2D eigenvalue weighted by Crippen LogP contribution is -2.27.